The van der Waals surface area contributed by atoms with E-state index in [2.05, 4.69) is 5.32 Å². The summed E-state index contributed by atoms with van der Waals surface area (Å²) in [4.78, 5) is 49.3. The highest BCUT2D eigenvalue weighted by Gasteiger charge is 2.29. The maximum Gasteiger partial charge on any atom is 0.288 e. The number of carbonyl (C=O) groups is 4. The molecule has 4 amide bonds. The van der Waals surface area contributed by atoms with E-state index in [0.29, 0.717) is 12.5 Å². The number of nitrogens with one attached hydrogen (secondary N) is 1. The van der Waals surface area contributed by atoms with Crippen LogP contribution in [0.5, 0.6) is 0 Å². The van der Waals surface area contributed by atoms with Crippen LogP contribution in [0.2, 0.25) is 0 Å². The zero-order valence-electron chi connectivity index (χ0n) is 13.8. The van der Waals surface area contributed by atoms with Crippen LogP contribution < -0.4 is 5.32 Å². The van der Waals surface area contributed by atoms with E-state index in [0.717, 1.165) is 18.3 Å². The van der Waals surface area contributed by atoms with Crippen molar-refractivity contribution in [2.75, 3.05) is 43.9 Å². The Morgan fingerprint density at radius 1 is 1.33 bits per heavy atom. The Bertz CT molecular complexity index is 495. The van der Waals surface area contributed by atoms with Gasteiger partial charge in [-0.3, -0.25) is 24.1 Å². The van der Waals surface area contributed by atoms with Crippen LogP contribution >= 0.6 is 23.5 Å². The third-order valence-electron chi connectivity index (χ3n) is 4.20. The minimum atomic E-state index is -0.252. The second kappa shape index (κ2) is 9.31. The lowest BCUT2D eigenvalue weighted by molar-refractivity contribution is -0.129. The Labute approximate surface area is 150 Å². The molecular weight excluding hydrogens is 350 g/mol. The molecule has 0 unspecified atom stereocenters. The third kappa shape index (κ3) is 5.70. The molecule has 0 bridgehead atoms. The minimum Gasteiger partial charge on any atom is -0.355 e. The summed E-state index contributed by atoms with van der Waals surface area (Å²) in [6.45, 7) is 1.27. The van der Waals surface area contributed by atoms with Crippen molar-refractivity contribution in [3.05, 3.63) is 0 Å². The van der Waals surface area contributed by atoms with Gasteiger partial charge in [-0.1, -0.05) is 18.2 Å². The fourth-order valence-electron chi connectivity index (χ4n) is 2.32. The molecule has 1 aliphatic carbocycles. The van der Waals surface area contributed by atoms with Crippen molar-refractivity contribution in [3.63, 3.8) is 0 Å². The van der Waals surface area contributed by atoms with Gasteiger partial charge in [0.05, 0.1) is 17.3 Å². The standard InChI is InChI=1S/C15H23N3O4S2/c1-17(5-6-18-14(21)10-24-15(18)22)13(20)9-23-8-12(19)16-7-11-3-2-4-11/h11H,2-10H2,1H3,(H,16,19). The number of rotatable bonds is 9. The Balaban J connectivity index is 1.56. The Kier molecular flexibility index (Phi) is 7.41. The van der Waals surface area contributed by atoms with Gasteiger partial charge in [-0.05, 0) is 18.8 Å². The molecular formula is C15H23N3O4S2. The summed E-state index contributed by atoms with van der Waals surface area (Å²) in [7, 11) is 1.64. The van der Waals surface area contributed by atoms with E-state index in [9.17, 15) is 19.2 Å². The number of amides is 4. The van der Waals surface area contributed by atoms with Gasteiger partial charge >= 0.3 is 0 Å². The van der Waals surface area contributed by atoms with Crippen molar-refractivity contribution in [1.29, 1.82) is 0 Å². The number of nitrogens with zero attached hydrogens (tertiary/aromatic N) is 2. The highest BCUT2D eigenvalue weighted by atomic mass is 32.2. The van der Waals surface area contributed by atoms with Crippen LogP contribution in [0.1, 0.15) is 19.3 Å². The van der Waals surface area contributed by atoms with Gasteiger partial charge in [0.1, 0.15) is 0 Å². The molecule has 0 aromatic carbocycles. The molecule has 1 aliphatic heterocycles. The first-order valence-electron chi connectivity index (χ1n) is 8.03. The van der Waals surface area contributed by atoms with E-state index in [-0.39, 0.29) is 46.8 Å². The van der Waals surface area contributed by atoms with Crippen molar-refractivity contribution in [3.8, 4) is 0 Å². The van der Waals surface area contributed by atoms with E-state index in [4.69, 9.17) is 0 Å². The van der Waals surface area contributed by atoms with E-state index in [1.54, 1.807) is 7.05 Å². The first-order chi connectivity index (χ1) is 11.5. The summed E-state index contributed by atoms with van der Waals surface area (Å²) in [5.74, 6) is 0.939. The quantitative estimate of drug-likeness (QED) is 0.643. The zero-order chi connectivity index (χ0) is 17.5. The predicted octanol–water partition coefficient (Wildman–Crippen LogP) is 0.790. The van der Waals surface area contributed by atoms with Gasteiger partial charge in [0.25, 0.3) is 5.24 Å². The molecule has 2 fully saturated rings. The van der Waals surface area contributed by atoms with Crippen molar-refractivity contribution in [2.24, 2.45) is 5.92 Å². The van der Waals surface area contributed by atoms with Crippen molar-refractivity contribution >= 4 is 46.5 Å². The summed E-state index contributed by atoms with van der Waals surface area (Å²) in [6.07, 6.45) is 3.64. The molecule has 134 valence electrons. The monoisotopic (exact) mass is 373 g/mol. The maximum atomic E-state index is 12.0. The van der Waals surface area contributed by atoms with Gasteiger partial charge in [-0.2, -0.15) is 0 Å². The fraction of sp³-hybridized carbons (Fsp3) is 0.733. The number of thioether (sulfide) groups is 2. The lowest BCUT2D eigenvalue weighted by Crippen LogP contribution is -2.39. The third-order valence-corrected chi connectivity index (χ3v) is 5.97. The maximum absolute atomic E-state index is 12.0. The largest absolute Gasteiger partial charge is 0.355 e. The van der Waals surface area contributed by atoms with Gasteiger partial charge in [-0.15, -0.1) is 11.8 Å². The lowest BCUT2D eigenvalue weighted by Gasteiger charge is -2.25. The summed E-state index contributed by atoms with van der Waals surface area (Å²) in [5.41, 5.74) is 0. The van der Waals surface area contributed by atoms with Crippen molar-refractivity contribution in [2.45, 2.75) is 19.3 Å². The zero-order valence-corrected chi connectivity index (χ0v) is 15.4. The topological polar surface area (TPSA) is 86.8 Å². The fourth-order valence-corrected chi connectivity index (χ4v) is 3.86. The molecule has 2 aliphatic rings. The molecule has 0 atom stereocenters. The Morgan fingerprint density at radius 3 is 2.67 bits per heavy atom. The summed E-state index contributed by atoms with van der Waals surface area (Å²) in [6, 6.07) is 0. The molecule has 0 aromatic rings. The highest BCUT2D eigenvalue weighted by Crippen LogP contribution is 2.25. The minimum absolute atomic E-state index is 0.0346. The van der Waals surface area contributed by atoms with Crippen LogP contribution in [0.3, 0.4) is 0 Å². The number of likely N-dealkylation sites (N-methyl/N-ethyl adjacent to an activating group) is 1. The number of hydrogen-bond donors (Lipinski definition) is 1. The number of imide groups is 1. The van der Waals surface area contributed by atoms with Crippen LogP contribution in [-0.4, -0.2) is 76.7 Å². The smallest absolute Gasteiger partial charge is 0.288 e. The van der Waals surface area contributed by atoms with E-state index in [1.807, 2.05) is 0 Å². The molecule has 1 saturated carbocycles. The Hall–Kier alpha value is -1.22. The van der Waals surface area contributed by atoms with E-state index >= 15 is 0 Å². The predicted molar refractivity (Wildman–Crippen MR) is 94.9 cm³/mol. The van der Waals surface area contributed by atoms with Gasteiger partial charge in [0, 0.05) is 26.7 Å². The van der Waals surface area contributed by atoms with Gasteiger partial charge in [0.2, 0.25) is 17.7 Å². The SMILES string of the molecule is CN(CCN1C(=O)CSC1=O)C(=O)CSCC(=O)NCC1CCC1. The second-order valence-corrected chi connectivity index (χ2v) is 7.92. The molecule has 1 saturated heterocycles. The average Bonchev–Trinajstić information content (AvgIpc) is 2.82. The van der Waals surface area contributed by atoms with Crippen LogP contribution in [-0.2, 0) is 14.4 Å². The number of hydrogen-bond acceptors (Lipinski definition) is 6. The summed E-state index contributed by atoms with van der Waals surface area (Å²) < 4.78 is 0. The van der Waals surface area contributed by atoms with Crippen LogP contribution in [0.4, 0.5) is 4.79 Å². The van der Waals surface area contributed by atoms with Crippen LogP contribution in [0.15, 0.2) is 0 Å². The first kappa shape index (κ1) is 19.1. The lowest BCUT2D eigenvalue weighted by atomic mass is 9.85. The molecule has 24 heavy (non-hydrogen) atoms. The second-order valence-electron chi connectivity index (χ2n) is 6.01. The van der Waals surface area contributed by atoms with Crippen LogP contribution in [0, 0.1) is 5.92 Å². The molecule has 0 radical (unpaired) electrons. The van der Waals surface area contributed by atoms with E-state index < -0.39 is 0 Å². The molecule has 2 rings (SSSR count). The number of carbonyl (C=O) groups excluding carboxylic acids is 4. The molecule has 9 heteroatoms. The van der Waals surface area contributed by atoms with Gasteiger partial charge < -0.3 is 10.2 Å². The van der Waals surface area contributed by atoms with E-state index in [1.165, 1.54) is 40.8 Å². The molecule has 0 aromatic heterocycles. The van der Waals surface area contributed by atoms with Crippen molar-refractivity contribution in [1.82, 2.24) is 15.1 Å². The van der Waals surface area contributed by atoms with Gasteiger partial charge in [-0.25, -0.2) is 0 Å². The highest BCUT2D eigenvalue weighted by molar-refractivity contribution is 8.14. The average molecular weight is 374 g/mol. The first-order valence-corrected chi connectivity index (χ1v) is 10.2. The molecule has 7 nitrogen and oxygen atoms in total. The molecule has 1 N–H and O–H groups in total. The van der Waals surface area contributed by atoms with Crippen molar-refractivity contribution < 1.29 is 19.2 Å². The molecule has 0 spiro atoms. The summed E-state index contributed by atoms with van der Waals surface area (Å²) >= 11 is 2.27. The summed E-state index contributed by atoms with van der Waals surface area (Å²) in [5, 5.41) is 2.64. The normalized spacial score (nSPS) is 17.8. The van der Waals surface area contributed by atoms with Crippen LogP contribution in [0.25, 0.3) is 0 Å². The Morgan fingerprint density at radius 2 is 2.08 bits per heavy atom. The van der Waals surface area contributed by atoms with Gasteiger partial charge in [0.15, 0.2) is 0 Å². The molecule has 1 heterocycles.